The van der Waals surface area contributed by atoms with Crippen molar-refractivity contribution < 1.29 is 89.4 Å². The first-order valence-electron chi connectivity index (χ1n) is 23.1. The monoisotopic (exact) mass is 940 g/mol. The Balaban J connectivity index is 1.03. The summed E-state index contributed by atoms with van der Waals surface area (Å²) in [4.78, 5) is 15.7. The molecule has 1 amide bonds. The van der Waals surface area contributed by atoms with E-state index < -0.39 is 112 Å². The highest BCUT2D eigenvalue weighted by Crippen LogP contribution is 2.30. The van der Waals surface area contributed by atoms with Gasteiger partial charge in [0.25, 0.3) is 0 Å². The van der Waals surface area contributed by atoms with E-state index in [4.69, 9.17) is 28.4 Å². The first-order valence-corrected chi connectivity index (χ1v) is 23.1. The maximum Gasteiger partial charge on any atom is 0.229 e. The van der Waals surface area contributed by atoms with Crippen molar-refractivity contribution in [3.8, 4) is 5.75 Å². The maximum absolute atomic E-state index is 12.5. The Hall–Kier alpha value is -3.13. The molecule has 3 aliphatic rings. The lowest BCUT2D eigenvalue weighted by molar-refractivity contribution is -0.339. The van der Waals surface area contributed by atoms with E-state index in [1.807, 2.05) is 13.1 Å². The molecular weight excluding hydrogens is 869 g/mol. The van der Waals surface area contributed by atoms with Crippen LogP contribution in [-0.4, -0.2) is 192 Å². The molecule has 2 aromatic rings. The lowest BCUT2D eigenvalue weighted by atomic mass is 9.98. The second kappa shape index (κ2) is 27.2. The van der Waals surface area contributed by atoms with Crippen molar-refractivity contribution in [2.75, 3.05) is 26.4 Å². The van der Waals surface area contributed by atoms with Crippen molar-refractivity contribution >= 4 is 16.8 Å². The van der Waals surface area contributed by atoms with E-state index in [-0.39, 0.29) is 17.8 Å². The number of nitrogens with one attached hydrogen (secondary N) is 2. The highest BCUT2D eigenvalue weighted by molar-refractivity contribution is 5.84. The minimum atomic E-state index is -1.84. The van der Waals surface area contributed by atoms with Crippen LogP contribution < -0.4 is 10.1 Å². The smallest absolute Gasteiger partial charge is 0.229 e. The number of ether oxygens (including phenoxy) is 6. The fraction of sp³-hybridized carbons (Fsp3) is 0.717. The average molecular weight is 941 g/mol. The van der Waals surface area contributed by atoms with Gasteiger partial charge in [0.05, 0.1) is 25.9 Å². The third-order valence-electron chi connectivity index (χ3n) is 12.1. The molecule has 16 atom stereocenters. The molecule has 4 heterocycles. The summed E-state index contributed by atoms with van der Waals surface area (Å²) in [5, 5.41) is 117. The van der Waals surface area contributed by atoms with Crippen LogP contribution in [0.2, 0.25) is 0 Å². The Morgan fingerprint density at radius 2 is 1.24 bits per heavy atom. The van der Waals surface area contributed by atoms with Crippen molar-refractivity contribution in [3.05, 3.63) is 54.3 Å². The Kier molecular flexibility index (Phi) is 22.1. The van der Waals surface area contributed by atoms with Gasteiger partial charge < -0.3 is 94.9 Å². The molecule has 1 aromatic heterocycles. The first-order chi connectivity index (χ1) is 31.7. The molecule has 13 N–H and O–H groups in total. The molecular formula is C46H72N2O18. The molecule has 0 aliphatic carbocycles. The number of carbonyl (C=O) groups is 1. The van der Waals surface area contributed by atoms with Crippen LogP contribution >= 0.6 is 0 Å². The van der Waals surface area contributed by atoms with Crippen LogP contribution in [-0.2, 0) is 34.9 Å². The van der Waals surface area contributed by atoms with E-state index in [9.17, 15) is 61.0 Å². The van der Waals surface area contributed by atoms with E-state index in [1.165, 1.54) is 12.8 Å². The molecule has 3 aliphatic heterocycles. The molecule has 20 nitrogen and oxygen atoms in total. The van der Waals surface area contributed by atoms with Crippen molar-refractivity contribution in [1.82, 2.24) is 10.3 Å². The third-order valence-corrected chi connectivity index (χ3v) is 12.1. The zero-order valence-electron chi connectivity index (χ0n) is 37.4. The summed E-state index contributed by atoms with van der Waals surface area (Å²) in [5.74, 6) is 0.226. The summed E-state index contributed by atoms with van der Waals surface area (Å²) in [5.41, 5.74) is 1.68. The Morgan fingerprint density at radius 3 is 1.85 bits per heavy atom. The number of H-pyrrole nitrogens is 1. The predicted octanol–water partition coefficient (Wildman–Crippen LogP) is -0.562. The fourth-order valence-electron chi connectivity index (χ4n) is 8.03. The number of hydrogen-bond acceptors (Lipinski definition) is 18. The van der Waals surface area contributed by atoms with Gasteiger partial charge in [-0.3, -0.25) is 4.79 Å². The summed E-state index contributed by atoms with van der Waals surface area (Å²) in [7, 11) is 0. The number of benzene rings is 1. The number of aliphatic hydroxyl groups is 11. The van der Waals surface area contributed by atoms with Crippen molar-refractivity contribution in [1.29, 1.82) is 0 Å². The molecule has 0 spiro atoms. The highest BCUT2D eigenvalue weighted by Gasteiger charge is 2.49. The molecule has 3 unspecified atom stereocenters. The second-order valence-corrected chi connectivity index (χ2v) is 17.4. The number of unbranched alkanes of at least 4 members (excludes halogenated alkanes) is 6. The predicted molar refractivity (Wildman–Crippen MR) is 235 cm³/mol. The number of rotatable bonds is 26. The largest absolute Gasteiger partial charge is 0.462 e. The minimum absolute atomic E-state index is 0.0293. The van der Waals surface area contributed by atoms with Crippen LogP contribution in [0.4, 0.5) is 0 Å². The van der Waals surface area contributed by atoms with E-state index in [2.05, 4.69) is 34.6 Å². The van der Waals surface area contributed by atoms with E-state index in [1.54, 1.807) is 18.2 Å². The quantitative estimate of drug-likeness (QED) is 0.0415. The van der Waals surface area contributed by atoms with Crippen LogP contribution in [0, 0.1) is 0 Å². The number of fused-ring (bicyclic) bond motifs is 1. The van der Waals surface area contributed by atoms with Gasteiger partial charge in [-0.25, -0.2) is 0 Å². The summed E-state index contributed by atoms with van der Waals surface area (Å²) < 4.78 is 33.8. The molecule has 1 aromatic carbocycles. The van der Waals surface area contributed by atoms with E-state index in [0.29, 0.717) is 19.4 Å². The van der Waals surface area contributed by atoms with Gasteiger partial charge in [-0.15, -0.1) is 0 Å². The molecule has 5 rings (SSSR count). The van der Waals surface area contributed by atoms with Gasteiger partial charge in [0.1, 0.15) is 79.0 Å². The summed E-state index contributed by atoms with van der Waals surface area (Å²) in [6.07, 6.45) is -3.15. The Morgan fingerprint density at radius 1 is 0.697 bits per heavy atom. The molecule has 20 heteroatoms. The van der Waals surface area contributed by atoms with Gasteiger partial charge in [-0.05, 0) is 82.1 Å². The van der Waals surface area contributed by atoms with E-state index in [0.717, 1.165) is 67.8 Å². The lowest BCUT2D eigenvalue weighted by Crippen LogP contribution is -2.63. The fourth-order valence-corrected chi connectivity index (χ4v) is 8.03. The summed E-state index contributed by atoms with van der Waals surface area (Å²) >= 11 is 0. The normalized spacial score (nSPS) is 33.5. The van der Waals surface area contributed by atoms with Gasteiger partial charge in [0, 0.05) is 30.1 Å². The maximum atomic E-state index is 12.5. The number of aromatic amines is 1. The SMILES string of the molecule is CC(O)CCCCCC/C=C\C/C=C\CCCCC(=O)NCCc1c[nH]c2ccc(O[C@@H]3O[C@H](COC4O[C@H](COC5O[C@H](CO)[C@@H](O)[C@H](O)[C@H]5O)[C@@H](O)[C@H](O)[C@H]4O)[C@@H](O)[C@H](O)[C@H]3O)cc12. The van der Waals surface area contributed by atoms with Crippen LogP contribution in [0.3, 0.4) is 0 Å². The Bertz CT molecular complexity index is 1780. The van der Waals surface area contributed by atoms with Crippen LogP contribution in [0.25, 0.3) is 10.9 Å². The summed E-state index contributed by atoms with van der Waals surface area (Å²) in [6.45, 7) is 0.360. The van der Waals surface area contributed by atoms with Gasteiger partial charge in [-0.1, -0.05) is 43.6 Å². The number of aliphatic hydroxyl groups excluding tert-OH is 11. The molecule has 374 valence electrons. The van der Waals surface area contributed by atoms with Crippen molar-refractivity contribution in [2.24, 2.45) is 0 Å². The zero-order chi connectivity index (χ0) is 47.8. The molecule has 0 saturated carbocycles. The number of allylic oxidation sites excluding steroid dienone is 4. The molecule has 0 radical (unpaired) electrons. The molecule has 3 fully saturated rings. The molecule has 66 heavy (non-hydrogen) atoms. The number of amides is 1. The van der Waals surface area contributed by atoms with Gasteiger partial charge >= 0.3 is 0 Å². The van der Waals surface area contributed by atoms with Crippen molar-refractivity contribution in [3.63, 3.8) is 0 Å². The van der Waals surface area contributed by atoms with Gasteiger partial charge in [-0.2, -0.15) is 0 Å². The zero-order valence-corrected chi connectivity index (χ0v) is 37.4. The highest BCUT2D eigenvalue weighted by atomic mass is 16.7. The minimum Gasteiger partial charge on any atom is -0.462 e. The third kappa shape index (κ3) is 15.4. The van der Waals surface area contributed by atoms with Crippen LogP contribution in [0.15, 0.2) is 48.7 Å². The number of hydrogen-bond donors (Lipinski definition) is 13. The topological polar surface area (TPSA) is 323 Å². The number of aromatic nitrogens is 1. The standard InChI is InChI=1S/C46H72N2O18/c1-26(50)15-13-11-9-7-5-3-2-4-6-8-10-12-14-16-34(51)47-20-19-27-22-48-30-18-17-28(21-29(27)30)63-46-43(60)40(57)37(54)33(66-46)25-62-45-42(59)39(56)36(53)32(65-45)24-61-44-41(58)38(55)35(52)31(23-49)64-44/h2-3,6,8,17-18,21-22,26,31-33,35-46,48-50,52-60H,4-5,7,9-16,19-20,23-25H2,1H3,(H,47,51)/b3-2-,8-6-/t26?,31-,32-,33-,35-,36-,37-,38+,39+,40+,41-,42-,43-,44?,45?,46-/m1/s1. The lowest BCUT2D eigenvalue weighted by Gasteiger charge is -2.43. The number of carbonyl (C=O) groups excluding carboxylic acids is 1. The summed E-state index contributed by atoms with van der Waals surface area (Å²) in [6, 6.07) is 5.08. The first kappa shape index (κ1) is 53.8. The van der Waals surface area contributed by atoms with Crippen molar-refractivity contribution in [2.45, 2.75) is 182 Å². The molecule has 3 saturated heterocycles. The second-order valence-electron chi connectivity index (χ2n) is 17.4. The Labute approximate surface area is 384 Å². The molecule has 0 bridgehead atoms. The van der Waals surface area contributed by atoms with Crippen LogP contribution in [0.5, 0.6) is 5.75 Å². The van der Waals surface area contributed by atoms with Gasteiger partial charge in [0.2, 0.25) is 12.2 Å². The van der Waals surface area contributed by atoms with Crippen LogP contribution in [0.1, 0.15) is 83.1 Å². The average Bonchev–Trinajstić information content (AvgIpc) is 3.70. The van der Waals surface area contributed by atoms with Gasteiger partial charge in [0.15, 0.2) is 12.6 Å². The van der Waals surface area contributed by atoms with E-state index >= 15 is 0 Å².